The summed E-state index contributed by atoms with van der Waals surface area (Å²) in [5, 5.41) is 5.50. The van der Waals surface area contributed by atoms with Crippen molar-refractivity contribution in [1.82, 2.24) is 20.1 Å². The second-order valence-corrected chi connectivity index (χ2v) is 11.2. The number of thiophene rings is 1. The average molecular weight is 573 g/mol. The molecule has 1 aliphatic rings. The predicted molar refractivity (Wildman–Crippen MR) is 159 cm³/mol. The van der Waals surface area contributed by atoms with E-state index in [4.69, 9.17) is 5.73 Å². The number of primary amides is 1. The summed E-state index contributed by atoms with van der Waals surface area (Å²) >= 11 is 1.28. The maximum Gasteiger partial charge on any atom is 0.264 e. The Morgan fingerprint density at radius 1 is 1.02 bits per heavy atom. The van der Waals surface area contributed by atoms with Gasteiger partial charge >= 0.3 is 0 Å². The van der Waals surface area contributed by atoms with Gasteiger partial charge in [-0.15, -0.1) is 11.3 Å². The van der Waals surface area contributed by atoms with Crippen LogP contribution in [-0.2, 0) is 16.0 Å². The zero-order chi connectivity index (χ0) is 29.1. The first kappa shape index (κ1) is 27.9. The highest BCUT2D eigenvalue weighted by molar-refractivity contribution is 7.12. The van der Waals surface area contributed by atoms with Crippen LogP contribution in [0.4, 0.5) is 5.69 Å². The number of aromatic nitrogens is 1. The number of hydrogen-bond acceptors (Lipinski definition) is 6. The molecule has 1 saturated heterocycles. The van der Waals surface area contributed by atoms with Crippen molar-refractivity contribution in [2.24, 2.45) is 5.73 Å². The number of para-hydroxylation sites is 1. The molecule has 2 atom stereocenters. The summed E-state index contributed by atoms with van der Waals surface area (Å²) in [6, 6.07) is 16.3. The number of benzene rings is 2. The van der Waals surface area contributed by atoms with Crippen LogP contribution in [0.15, 0.2) is 72.2 Å². The fourth-order valence-electron chi connectivity index (χ4n) is 5.07. The molecule has 2 unspecified atom stereocenters. The SMILES string of the molecule is CN(C)c1ccc(C(=O)N2CCN(C(=O)c3cccs3)C(C(=O)NC(Cc3c[nH]c4ccccc34)C(N)=O)C2)cc1. The molecule has 0 aliphatic carbocycles. The summed E-state index contributed by atoms with van der Waals surface area (Å²) in [4.78, 5) is 61.7. The van der Waals surface area contributed by atoms with Crippen LogP contribution in [0.3, 0.4) is 0 Å². The topological polar surface area (TPSA) is 132 Å². The fraction of sp³-hybridized carbons (Fsp3) is 0.267. The lowest BCUT2D eigenvalue weighted by molar-refractivity contribution is -0.131. The molecule has 0 spiro atoms. The second-order valence-electron chi connectivity index (χ2n) is 10.2. The largest absolute Gasteiger partial charge is 0.378 e. The highest BCUT2D eigenvalue weighted by Gasteiger charge is 2.39. The van der Waals surface area contributed by atoms with Gasteiger partial charge in [-0.25, -0.2) is 0 Å². The van der Waals surface area contributed by atoms with E-state index in [9.17, 15) is 19.2 Å². The van der Waals surface area contributed by atoms with Crippen molar-refractivity contribution in [3.05, 3.63) is 88.2 Å². The van der Waals surface area contributed by atoms with Crippen LogP contribution < -0.4 is 16.0 Å². The molecule has 4 N–H and O–H groups in total. The fourth-order valence-corrected chi connectivity index (χ4v) is 5.75. The highest BCUT2D eigenvalue weighted by atomic mass is 32.1. The Kier molecular flexibility index (Phi) is 8.06. The monoisotopic (exact) mass is 572 g/mol. The maximum atomic E-state index is 13.8. The first-order chi connectivity index (χ1) is 19.7. The van der Waals surface area contributed by atoms with Gasteiger partial charge in [-0.2, -0.15) is 0 Å². The third-order valence-electron chi connectivity index (χ3n) is 7.35. The Morgan fingerprint density at radius 3 is 2.46 bits per heavy atom. The highest BCUT2D eigenvalue weighted by Crippen LogP contribution is 2.22. The third kappa shape index (κ3) is 5.94. The van der Waals surface area contributed by atoms with Gasteiger partial charge < -0.3 is 30.7 Å². The van der Waals surface area contributed by atoms with Crippen LogP contribution >= 0.6 is 11.3 Å². The van der Waals surface area contributed by atoms with E-state index in [1.807, 2.05) is 55.4 Å². The smallest absolute Gasteiger partial charge is 0.264 e. The Morgan fingerprint density at radius 2 is 1.78 bits per heavy atom. The first-order valence-electron chi connectivity index (χ1n) is 13.3. The van der Waals surface area contributed by atoms with Crippen LogP contribution in [0.25, 0.3) is 10.9 Å². The summed E-state index contributed by atoms with van der Waals surface area (Å²) in [6.45, 7) is 0.416. The summed E-state index contributed by atoms with van der Waals surface area (Å²) in [5.41, 5.74) is 8.90. The molecule has 5 rings (SSSR count). The lowest BCUT2D eigenvalue weighted by atomic mass is 10.0. The van der Waals surface area contributed by atoms with Crippen LogP contribution in [0.1, 0.15) is 25.6 Å². The van der Waals surface area contributed by atoms with E-state index in [1.54, 1.807) is 40.7 Å². The quantitative estimate of drug-likeness (QED) is 0.299. The predicted octanol–water partition coefficient (Wildman–Crippen LogP) is 2.47. The molecule has 10 nitrogen and oxygen atoms in total. The van der Waals surface area contributed by atoms with Gasteiger partial charge in [0.05, 0.1) is 11.4 Å². The number of fused-ring (bicyclic) bond motifs is 1. The lowest BCUT2D eigenvalue weighted by Gasteiger charge is -2.40. The molecule has 2 aromatic carbocycles. The minimum absolute atomic E-state index is 0.0181. The molecule has 11 heteroatoms. The molecule has 2 aromatic heterocycles. The van der Waals surface area contributed by atoms with Crippen molar-refractivity contribution in [3.8, 4) is 0 Å². The van der Waals surface area contributed by atoms with Crippen molar-refractivity contribution in [2.45, 2.75) is 18.5 Å². The molecule has 4 amide bonds. The number of carbonyl (C=O) groups is 4. The molecular formula is C30H32N6O4S. The number of aromatic amines is 1. The lowest BCUT2D eigenvalue weighted by Crippen LogP contribution is -2.63. The molecule has 1 aliphatic heterocycles. The van der Waals surface area contributed by atoms with Gasteiger partial charge in [0.2, 0.25) is 11.8 Å². The molecule has 0 saturated carbocycles. The Labute approximate surface area is 241 Å². The van der Waals surface area contributed by atoms with Gasteiger partial charge in [0.1, 0.15) is 12.1 Å². The van der Waals surface area contributed by atoms with Crippen LogP contribution in [0.5, 0.6) is 0 Å². The first-order valence-corrected chi connectivity index (χ1v) is 14.2. The Balaban J connectivity index is 1.38. The van der Waals surface area contributed by atoms with Crippen molar-refractivity contribution in [1.29, 1.82) is 0 Å². The number of nitrogens with two attached hydrogens (primary N) is 1. The summed E-state index contributed by atoms with van der Waals surface area (Å²) < 4.78 is 0. The number of nitrogens with one attached hydrogen (secondary N) is 2. The van der Waals surface area contributed by atoms with Crippen LogP contribution in [-0.4, -0.2) is 84.2 Å². The number of H-pyrrole nitrogens is 1. The molecule has 1 fully saturated rings. The normalized spacial score (nSPS) is 15.9. The third-order valence-corrected chi connectivity index (χ3v) is 8.21. The summed E-state index contributed by atoms with van der Waals surface area (Å²) in [6.07, 6.45) is 1.97. The van der Waals surface area contributed by atoms with E-state index in [0.29, 0.717) is 10.4 Å². The maximum absolute atomic E-state index is 13.8. The van der Waals surface area contributed by atoms with Gasteiger partial charge in [0, 0.05) is 62.0 Å². The van der Waals surface area contributed by atoms with E-state index >= 15 is 0 Å². The zero-order valence-corrected chi connectivity index (χ0v) is 23.7. The Hall–Kier alpha value is -4.64. The number of hydrogen-bond donors (Lipinski definition) is 3. The van der Waals surface area contributed by atoms with E-state index in [0.717, 1.165) is 22.2 Å². The van der Waals surface area contributed by atoms with E-state index in [-0.39, 0.29) is 37.9 Å². The van der Waals surface area contributed by atoms with Crippen LogP contribution in [0, 0.1) is 0 Å². The number of nitrogens with zero attached hydrogens (tertiary/aromatic N) is 3. The molecular weight excluding hydrogens is 540 g/mol. The van der Waals surface area contributed by atoms with Crippen LogP contribution in [0.2, 0.25) is 0 Å². The average Bonchev–Trinajstić information content (AvgIpc) is 3.66. The van der Waals surface area contributed by atoms with Crippen molar-refractivity contribution < 1.29 is 19.2 Å². The van der Waals surface area contributed by atoms with Crippen molar-refractivity contribution in [3.63, 3.8) is 0 Å². The minimum Gasteiger partial charge on any atom is -0.378 e. The van der Waals surface area contributed by atoms with Crippen molar-refractivity contribution in [2.75, 3.05) is 38.6 Å². The van der Waals surface area contributed by atoms with E-state index in [1.165, 1.54) is 16.2 Å². The van der Waals surface area contributed by atoms with E-state index < -0.39 is 23.9 Å². The van der Waals surface area contributed by atoms with Gasteiger partial charge in [-0.1, -0.05) is 24.3 Å². The number of rotatable bonds is 8. The zero-order valence-electron chi connectivity index (χ0n) is 22.9. The summed E-state index contributed by atoms with van der Waals surface area (Å²) in [7, 11) is 3.84. The number of amides is 4. The van der Waals surface area contributed by atoms with E-state index in [2.05, 4.69) is 10.3 Å². The number of carbonyl (C=O) groups excluding carboxylic acids is 4. The number of piperazine rings is 1. The molecule has 0 bridgehead atoms. The standard InChI is InChI=1S/C30H32N6O4S/c1-34(2)21-11-9-19(10-12-21)29(39)35-13-14-36(30(40)26-8-5-15-41-26)25(18-35)28(38)33-24(27(31)37)16-20-17-32-23-7-4-3-6-22(20)23/h3-12,15,17,24-25,32H,13-14,16,18H2,1-2H3,(H2,31,37)(H,33,38). The van der Waals surface area contributed by atoms with Gasteiger partial charge in [-0.05, 0) is 47.3 Å². The Bertz CT molecular complexity index is 1560. The second kappa shape index (κ2) is 11.8. The molecule has 0 radical (unpaired) electrons. The van der Waals surface area contributed by atoms with Gasteiger partial charge in [-0.3, -0.25) is 19.2 Å². The molecule has 3 heterocycles. The van der Waals surface area contributed by atoms with Gasteiger partial charge in [0.25, 0.3) is 11.8 Å². The summed E-state index contributed by atoms with van der Waals surface area (Å²) in [5.74, 6) is -1.76. The van der Waals surface area contributed by atoms with Crippen molar-refractivity contribution >= 4 is 51.6 Å². The van der Waals surface area contributed by atoms with Gasteiger partial charge in [0.15, 0.2) is 0 Å². The molecule has 212 valence electrons. The minimum atomic E-state index is -1.01. The molecule has 41 heavy (non-hydrogen) atoms. The molecule has 4 aromatic rings. The number of anilines is 1.